The van der Waals surface area contributed by atoms with E-state index in [9.17, 15) is 0 Å². The highest BCUT2D eigenvalue weighted by molar-refractivity contribution is 5.39. The predicted octanol–water partition coefficient (Wildman–Crippen LogP) is 2.40. The lowest BCUT2D eigenvalue weighted by atomic mass is 10.2. The van der Waals surface area contributed by atoms with Crippen molar-refractivity contribution in [2.75, 3.05) is 0 Å². The first kappa shape index (κ1) is 12.1. The van der Waals surface area contributed by atoms with Crippen molar-refractivity contribution in [2.24, 2.45) is 7.05 Å². The maximum atomic E-state index is 8.92. The molecule has 0 aliphatic heterocycles. The van der Waals surface area contributed by atoms with Crippen LogP contribution in [0.25, 0.3) is 0 Å². The average Bonchev–Trinajstić information content (AvgIpc) is 2.55. The van der Waals surface area contributed by atoms with Crippen LogP contribution in [0.4, 0.5) is 0 Å². The first-order chi connectivity index (χ1) is 8.51. The smallest absolute Gasteiger partial charge is 0.220 e. The largest absolute Gasteiger partial charge is 0.435 e. The molecule has 0 spiro atoms. The van der Waals surface area contributed by atoms with Crippen LogP contribution in [-0.2, 0) is 7.05 Å². The van der Waals surface area contributed by atoms with Crippen LogP contribution in [0.15, 0.2) is 12.1 Å². The molecule has 0 fully saturated rings. The van der Waals surface area contributed by atoms with Gasteiger partial charge in [0, 0.05) is 18.8 Å². The minimum atomic E-state index is 0.422. The Bertz CT molecular complexity index is 637. The molecule has 0 unspecified atom stereocenters. The van der Waals surface area contributed by atoms with Crippen molar-refractivity contribution in [3.8, 4) is 17.7 Å². The summed E-state index contributed by atoms with van der Waals surface area (Å²) in [5.74, 6) is 1.12. The van der Waals surface area contributed by atoms with Gasteiger partial charge < -0.3 is 4.74 Å². The summed E-state index contributed by atoms with van der Waals surface area (Å²) in [6.07, 6.45) is 0. The molecule has 0 aliphatic carbocycles. The highest BCUT2D eigenvalue weighted by atomic mass is 16.5. The number of hydrogen-bond acceptors (Lipinski definition) is 4. The van der Waals surface area contributed by atoms with Crippen LogP contribution in [0.3, 0.4) is 0 Å². The number of aryl methyl sites for hydroxylation is 3. The van der Waals surface area contributed by atoms with Crippen molar-refractivity contribution in [2.45, 2.75) is 20.8 Å². The van der Waals surface area contributed by atoms with E-state index in [0.29, 0.717) is 17.2 Å². The lowest BCUT2D eigenvalue weighted by Gasteiger charge is -2.06. The lowest BCUT2D eigenvalue weighted by molar-refractivity contribution is 0.454. The molecule has 92 valence electrons. The fourth-order valence-electron chi connectivity index (χ4n) is 1.76. The molecule has 2 aromatic rings. The summed E-state index contributed by atoms with van der Waals surface area (Å²) in [5, 5.41) is 13.2. The summed E-state index contributed by atoms with van der Waals surface area (Å²) in [7, 11) is 1.86. The summed E-state index contributed by atoms with van der Waals surface area (Å²) in [5.41, 5.74) is 3.02. The molecule has 0 amide bonds. The summed E-state index contributed by atoms with van der Waals surface area (Å²) in [4.78, 5) is 4.26. The lowest BCUT2D eigenvalue weighted by Crippen LogP contribution is -1.95. The average molecular weight is 242 g/mol. The molecule has 0 atom stereocenters. The normalized spacial score (nSPS) is 10.2. The van der Waals surface area contributed by atoms with E-state index in [2.05, 4.69) is 16.2 Å². The number of pyridine rings is 1. The first-order valence-corrected chi connectivity index (χ1v) is 5.58. The van der Waals surface area contributed by atoms with Crippen LogP contribution >= 0.6 is 0 Å². The Morgan fingerprint density at radius 1 is 1.28 bits per heavy atom. The fourth-order valence-corrected chi connectivity index (χ4v) is 1.76. The van der Waals surface area contributed by atoms with Crippen molar-refractivity contribution in [1.29, 1.82) is 5.26 Å². The van der Waals surface area contributed by atoms with Crippen LogP contribution < -0.4 is 4.74 Å². The summed E-state index contributed by atoms with van der Waals surface area (Å²) >= 11 is 0. The molecular weight excluding hydrogens is 228 g/mol. The van der Waals surface area contributed by atoms with Gasteiger partial charge in [0.15, 0.2) is 5.75 Å². The Balaban J connectivity index is 2.40. The molecule has 0 bridgehead atoms. The standard InChI is InChI=1S/C13H14N4O/c1-8-5-11(7-14)6-12(15-8)18-13-9(2)16-17(4)10(13)3/h5-6H,1-4H3. The molecule has 18 heavy (non-hydrogen) atoms. The zero-order valence-electron chi connectivity index (χ0n) is 10.9. The van der Waals surface area contributed by atoms with Crippen LogP contribution in [0.1, 0.15) is 22.6 Å². The Hall–Kier alpha value is -2.35. The first-order valence-electron chi connectivity index (χ1n) is 5.58. The summed E-state index contributed by atoms with van der Waals surface area (Å²) < 4.78 is 7.49. The molecule has 0 N–H and O–H groups in total. The van der Waals surface area contributed by atoms with Gasteiger partial charge in [-0.3, -0.25) is 4.68 Å². The third kappa shape index (κ3) is 2.18. The van der Waals surface area contributed by atoms with Crippen molar-refractivity contribution in [3.63, 3.8) is 0 Å². The van der Waals surface area contributed by atoms with Crippen LogP contribution in [0.5, 0.6) is 11.6 Å². The predicted molar refractivity (Wildman–Crippen MR) is 66.4 cm³/mol. The number of ether oxygens (including phenoxy) is 1. The van der Waals surface area contributed by atoms with E-state index in [1.165, 1.54) is 0 Å². The third-order valence-electron chi connectivity index (χ3n) is 2.71. The second-order valence-corrected chi connectivity index (χ2v) is 4.17. The quantitative estimate of drug-likeness (QED) is 0.811. The summed E-state index contributed by atoms with van der Waals surface area (Å²) in [6.45, 7) is 5.64. The fraction of sp³-hybridized carbons (Fsp3) is 0.308. The molecule has 0 aromatic carbocycles. The molecule has 5 nitrogen and oxygen atoms in total. The topological polar surface area (TPSA) is 63.7 Å². The van der Waals surface area contributed by atoms with E-state index >= 15 is 0 Å². The van der Waals surface area contributed by atoms with E-state index in [0.717, 1.165) is 17.1 Å². The molecule has 5 heteroatoms. The molecule has 0 aliphatic rings. The number of rotatable bonds is 2. The maximum absolute atomic E-state index is 8.92. The van der Waals surface area contributed by atoms with Gasteiger partial charge in [0.25, 0.3) is 0 Å². The minimum Gasteiger partial charge on any atom is -0.435 e. The van der Waals surface area contributed by atoms with Crippen LogP contribution in [0.2, 0.25) is 0 Å². The highest BCUT2D eigenvalue weighted by Gasteiger charge is 2.12. The van der Waals surface area contributed by atoms with Crippen molar-refractivity contribution in [1.82, 2.24) is 14.8 Å². The Labute approximate surface area is 106 Å². The Morgan fingerprint density at radius 2 is 2.00 bits per heavy atom. The van der Waals surface area contributed by atoms with E-state index in [1.54, 1.807) is 16.8 Å². The molecule has 2 rings (SSSR count). The molecule has 0 saturated carbocycles. The zero-order chi connectivity index (χ0) is 13.3. The molecule has 0 radical (unpaired) electrons. The van der Waals surface area contributed by atoms with Gasteiger partial charge in [0.1, 0.15) is 5.69 Å². The number of nitrogens with zero attached hydrogens (tertiary/aromatic N) is 4. The molecule has 2 aromatic heterocycles. The van der Waals surface area contributed by atoms with Gasteiger partial charge in [-0.05, 0) is 26.8 Å². The van der Waals surface area contributed by atoms with Gasteiger partial charge in [-0.1, -0.05) is 0 Å². The third-order valence-corrected chi connectivity index (χ3v) is 2.71. The van der Waals surface area contributed by atoms with Crippen molar-refractivity contribution < 1.29 is 4.74 Å². The molecular formula is C13H14N4O. The van der Waals surface area contributed by atoms with E-state index in [1.807, 2.05) is 27.8 Å². The van der Waals surface area contributed by atoms with Gasteiger partial charge in [-0.15, -0.1) is 0 Å². The highest BCUT2D eigenvalue weighted by Crippen LogP contribution is 2.27. The molecule has 2 heterocycles. The number of hydrogen-bond donors (Lipinski definition) is 0. The Morgan fingerprint density at radius 3 is 2.56 bits per heavy atom. The SMILES string of the molecule is Cc1cc(C#N)cc(Oc2c(C)nn(C)c2C)n1. The Kier molecular flexibility index (Phi) is 3.02. The van der Waals surface area contributed by atoms with Crippen LogP contribution in [0, 0.1) is 32.1 Å². The second kappa shape index (κ2) is 4.49. The van der Waals surface area contributed by atoms with E-state index < -0.39 is 0 Å². The van der Waals surface area contributed by atoms with Crippen molar-refractivity contribution in [3.05, 3.63) is 34.8 Å². The van der Waals surface area contributed by atoms with Gasteiger partial charge in [-0.25, -0.2) is 4.98 Å². The molecule has 0 saturated heterocycles. The summed E-state index contributed by atoms with van der Waals surface area (Å²) in [6, 6.07) is 5.43. The second-order valence-electron chi connectivity index (χ2n) is 4.17. The van der Waals surface area contributed by atoms with Crippen LogP contribution in [-0.4, -0.2) is 14.8 Å². The van der Waals surface area contributed by atoms with Gasteiger partial charge >= 0.3 is 0 Å². The minimum absolute atomic E-state index is 0.422. The zero-order valence-corrected chi connectivity index (χ0v) is 10.9. The van der Waals surface area contributed by atoms with Gasteiger partial charge in [-0.2, -0.15) is 10.4 Å². The van der Waals surface area contributed by atoms with E-state index in [-0.39, 0.29) is 0 Å². The maximum Gasteiger partial charge on any atom is 0.220 e. The van der Waals surface area contributed by atoms with Gasteiger partial charge in [0.05, 0.1) is 17.3 Å². The number of nitriles is 1. The van der Waals surface area contributed by atoms with E-state index in [4.69, 9.17) is 10.00 Å². The van der Waals surface area contributed by atoms with Crippen molar-refractivity contribution >= 4 is 0 Å². The van der Waals surface area contributed by atoms with Gasteiger partial charge in [0.2, 0.25) is 5.88 Å². The monoisotopic (exact) mass is 242 g/mol. The number of aromatic nitrogens is 3.